The molecule has 0 saturated heterocycles. The molecule has 0 spiro atoms. The average molecular weight is 320 g/mol. The summed E-state index contributed by atoms with van der Waals surface area (Å²) >= 11 is 0. The largest absolute Gasteiger partial charge is 0.464 e. The summed E-state index contributed by atoms with van der Waals surface area (Å²) in [5.41, 5.74) is 3.67. The molecule has 0 aliphatic rings. The van der Waals surface area contributed by atoms with E-state index in [-0.39, 0.29) is 0 Å². The van der Waals surface area contributed by atoms with E-state index in [2.05, 4.69) is 81.4 Å². The van der Waals surface area contributed by atoms with Crippen LogP contribution in [-0.2, 0) is 0 Å². The summed E-state index contributed by atoms with van der Waals surface area (Å²) in [6.07, 6.45) is 0. The molecule has 0 saturated carbocycles. The van der Waals surface area contributed by atoms with E-state index in [1.807, 2.05) is 12.1 Å². The zero-order valence-corrected chi connectivity index (χ0v) is 14.7. The molecule has 0 aliphatic heterocycles. The van der Waals surface area contributed by atoms with Crippen molar-refractivity contribution in [2.24, 2.45) is 0 Å². The average Bonchev–Trinajstić information content (AvgIpc) is 2.56. The van der Waals surface area contributed by atoms with Gasteiger partial charge in [-0.25, -0.2) is 0 Å². The summed E-state index contributed by atoms with van der Waals surface area (Å²) in [6.45, 7) is 6.37. The molecule has 0 aliphatic carbocycles. The first-order chi connectivity index (χ1) is 11.1. The van der Waals surface area contributed by atoms with Crippen LogP contribution in [0, 0.1) is 20.8 Å². The van der Waals surface area contributed by atoms with Crippen LogP contribution in [0.2, 0.25) is 0 Å². The lowest BCUT2D eigenvalue weighted by atomic mass is 10.1. The first kappa shape index (κ1) is 15.8. The third-order valence-electron chi connectivity index (χ3n) is 3.77. The lowest BCUT2D eigenvalue weighted by molar-refractivity contribution is 0.617. The van der Waals surface area contributed by atoms with Crippen molar-refractivity contribution in [3.63, 3.8) is 0 Å². The smallest absolute Gasteiger partial charge is 0.150 e. The van der Waals surface area contributed by atoms with Crippen LogP contribution >= 0.6 is 8.15 Å². The second-order valence-electron chi connectivity index (χ2n) is 5.78. The standard InChI is InChI=1S/C21H21OP/c1-16-14-17(2)21(18(3)15-16)22-23(19-10-6-4-7-11-19)20-12-8-5-9-13-20/h4-15H,1-3H3. The van der Waals surface area contributed by atoms with Crippen LogP contribution in [0.5, 0.6) is 5.75 Å². The predicted octanol–water partition coefficient (Wildman–Crippen LogP) is 5.04. The van der Waals surface area contributed by atoms with E-state index in [1.54, 1.807) is 0 Å². The molecule has 3 aromatic rings. The van der Waals surface area contributed by atoms with Gasteiger partial charge in [0.25, 0.3) is 0 Å². The van der Waals surface area contributed by atoms with Crippen LogP contribution in [0.4, 0.5) is 0 Å². The van der Waals surface area contributed by atoms with Gasteiger partial charge in [-0.3, -0.25) is 0 Å². The number of benzene rings is 3. The molecule has 3 rings (SSSR count). The first-order valence-corrected chi connectivity index (χ1v) is 9.07. The molecule has 0 aromatic heterocycles. The molecule has 0 fully saturated rings. The zero-order chi connectivity index (χ0) is 16.2. The SMILES string of the molecule is Cc1cc(C)c(OP(c2ccccc2)c2ccccc2)c(C)c1. The van der Waals surface area contributed by atoms with Crippen LogP contribution < -0.4 is 15.1 Å². The Bertz CT molecular complexity index is 719. The summed E-state index contributed by atoms with van der Waals surface area (Å²) in [7, 11) is -0.869. The minimum atomic E-state index is -0.869. The van der Waals surface area contributed by atoms with E-state index >= 15 is 0 Å². The molecule has 3 aromatic carbocycles. The van der Waals surface area contributed by atoms with Crippen molar-refractivity contribution in [1.29, 1.82) is 0 Å². The highest BCUT2D eigenvalue weighted by Crippen LogP contribution is 2.39. The minimum Gasteiger partial charge on any atom is -0.464 e. The summed E-state index contributed by atoms with van der Waals surface area (Å²) < 4.78 is 6.57. The first-order valence-electron chi connectivity index (χ1n) is 7.81. The van der Waals surface area contributed by atoms with Crippen molar-refractivity contribution in [1.82, 2.24) is 0 Å². The van der Waals surface area contributed by atoms with Gasteiger partial charge in [0.05, 0.1) is 0 Å². The lowest BCUT2D eigenvalue weighted by Gasteiger charge is -2.22. The van der Waals surface area contributed by atoms with Crippen molar-refractivity contribution < 1.29 is 4.52 Å². The fraction of sp³-hybridized carbons (Fsp3) is 0.143. The molecule has 1 nitrogen and oxygen atoms in total. The number of rotatable bonds is 4. The van der Waals surface area contributed by atoms with E-state index in [9.17, 15) is 0 Å². The van der Waals surface area contributed by atoms with Crippen molar-refractivity contribution in [2.45, 2.75) is 20.8 Å². The number of hydrogen-bond acceptors (Lipinski definition) is 1. The van der Waals surface area contributed by atoms with Crippen molar-refractivity contribution in [3.05, 3.63) is 89.5 Å². The highest BCUT2D eigenvalue weighted by atomic mass is 31.1. The van der Waals surface area contributed by atoms with Crippen molar-refractivity contribution >= 4 is 18.8 Å². The van der Waals surface area contributed by atoms with Gasteiger partial charge in [-0.2, -0.15) is 0 Å². The van der Waals surface area contributed by atoms with Crippen molar-refractivity contribution in [3.8, 4) is 5.75 Å². The molecular weight excluding hydrogens is 299 g/mol. The molecule has 0 heterocycles. The maximum absolute atomic E-state index is 6.57. The van der Waals surface area contributed by atoms with Gasteiger partial charge < -0.3 is 4.52 Å². The predicted molar refractivity (Wildman–Crippen MR) is 100 cm³/mol. The van der Waals surface area contributed by atoms with E-state index in [0.29, 0.717) is 0 Å². The molecule has 0 bridgehead atoms. The summed E-state index contributed by atoms with van der Waals surface area (Å²) in [5.74, 6) is 1.01. The lowest BCUT2D eigenvalue weighted by Crippen LogP contribution is -2.16. The monoisotopic (exact) mass is 320 g/mol. The van der Waals surface area contributed by atoms with Gasteiger partial charge in [0.2, 0.25) is 0 Å². The maximum Gasteiger partial charge on any atom is 0.150 e. The van der Waals surface area contributed by atoms with Gasteiger partial charge >= 0.3 is 0 Å². The van der Waals surface area contributed by atoms with Gasteiger partial charge in [0.15, 0.2) is 8.15 Å². The maximum atomic E-state index is 6.57. The van der Waals surface area contributed by atoms with Crippen LogP contribution in [0.15, 0.2) is 72.8 Å². The van der Waals surface area contributed by atoms with E-state index in [1.165, 1.54) is 27.3 Å². The third-order valence-corrected chi connectivity index (χ3v) is 5.67. The Labute approximate surface area is 139 Å². The van der Waals surface area contributed by atoms with Gasteiger partial charge in [0.1, 0.15) is 5.75 Å². The van der Waals surface area contributed by atoms with Gasteiger partial charge in [-0.05, 0) is 31.9 Å². The molecule has 0 atom stereocenters. The highest BCUT2D eigenvalue weighted by molar-refractivity contribution is 7.68. The van der Waals surface area contributed by atoms with Crippen LogP contribution in [0.1, 0.15) is 16.7 Å². The Morgan fingerprint density at radius 3 is 1.52 bits per heavy atom. The zero-order valence-electron chi connectivity index (χ0n) is 13.8. The molecule has 0 radical (unpaired) electrons. The second kappa shape index (κ2) is 6.98. The van der Waals surface area contributed by atoms with Gasteiger partial charge in [0, 0.05) is 10.6 Å². The number of hydrogen-bond donors (Lipinski definition) is 0. The fourth-order valence-corrected chi connectivity index (χ4v) is 4.65. The Balaban J connectivity index is 2.04. The Morgan fingerprint density at radius 1 is 0.652 bits per heavy atom. The van der Waals surface area contributed by atoms with Crippen molar-refractivity contribution in [2.75, 3.05) is 0 Å². The topological polar surface area (TPSA) is 9.23 Å². The third kappa shape index (κ3) is 3.63. The summed E-state index contributed by atoms with van der Waals surface area (Å²) in [6, 6.07) is 25.4. The molecule has 2 heteroatoms. The normalized spacial score (nSPS) is 10.8. The molecular formula is C21H21OP. The molecule has 116 valence electrons. The summed E-state index contributed by atoms with van der Waals surface area (Å²) in [5, 5.41) is 2.46. The highest BCUT2D eigenvalue weighted by Gasteiger charge is 2.18. The summed E-state index contributed by atoms with van der Waals surface area (Å²) in [4.78, 5) is 0. The molecule has 0 amide bonds. The minimum absolute atomic E-state index is 0.869. The van der Waals surface area contributed by atoms with Crippen LogP contribution in [-0.4, -0.2) is 0 Å². The molecule has 0 N–H and O–H groups in total. The fourth-order valence-electron chi connectivity index (χ4n) is 2.78. The van der Waals surface area contributed by atoms with E-state index < -0.39 is 8.15 Å². The van der Waals surface area contributed by atoms with Gasteiger partial charge in [-0.1, -0.05) is 78.4 Å². The number of aryl methyl sites for hydroxylation is 3. The van der Waals surface area contributed by atoms with Gasteiger partial charge in [-0.15, -0.1) is 0 Å². The molecule has 23 heavy (non-hydrogen) atoms. The molecule has 0 unspecified atom stereocenters. The quantitative estimate of drug-likeness (QED) is 0.612. The van der Waals surface area contributed by atoms with Crippen LogP contribution in [0.3, 0.4) is 0 Å². The second-order valence-corrected chi connectivity index (χ2v) is 7.59. The van der Waals surface area contributed by atoms with E-state index in [0.717, 1.165) is 5.75 Å². The van der Waals surface area contributed by atoms with Crippen LogP contribution in [0.25, 0.3) is 0 Å². The Morgan fingerprint density at radius 2 is 1.09 bits per heavy atom. The van der Waals surface area contributed by atoms with E-state index in [4.69, 9.17) is 4.52 Å². The Hall–Kier alpha value is -2.11. The Kier molecular flexibility index (Phi) is 4.79.